The molecule has 0 amide bonds. The van der Waals surface area contributed by atoms with E-state index in [0.29, 0.717) is 5.54 Å². The van der Waals surface area contributed by atoms with Crippen LogP contribution in [0.1, 0.15) is 18.5 Å². The van der Waals surface area contributed by atoms with E-state index in [0.717, 1.165) is 32.7 Å². The number of fused-ring (bicyclic) bond motifs is 1. The van der Waals surface area contributed by atoms with Gasteiger partial charge in [0.2, 0.25) is 0 Å². The Morgan fingerprint density at radius 3 is 3.11 bits per heavy atom. The summed E-state index contributed by atoms with van der Waals surface area (Å²) in [6.07, 6.45) is 3.68. The molecule has 1 aliphatic carbocycles. The van der Waals surface area contributed by atoms with Crippen LogP contribution < -0.4 is 0 Å². The Bertz CT molecular complexity index is 591. The number of nitrogens with zero attached hydrogens (tertiary/aromatic N) is 2. The topological polar surface area (TPSA) is 25.4 Å². The van der Waals surface area contributed by atoms with Crippen LogP contribution in [-0.2, 0) is 11.2 Å². The number of benzene rings is 1. The molecule has 0 bridgehead atoms. The zero-order chi connectivity index (χ0) is 12.7. The summed E-state index contributed by atoms with van der Waals surface area (Å²) in [4.78, 5) is 2.63. The van der Waals surface area contributed by atoms with Crippen molar-refractivity contribution < 1.29 is 4.74 Å². The maximum Gasteiger partial charge on any atom is 0.0651 e. The number of rotatable bonds is 3. The van der Waals surface area contributed by atoms with Gasteiger partial charge in [0, 0.05) is 30.4 Å². The number of hydrogen-bond acceptors (Lipinski definition) is 4. The zero-order valence-electron chi connectivity index (χ0n) is 11.0. The molecule has 0 radical (unpaired) electrons. The average molecular weight is 274 g/mol. The molecule has 1 aromatic heterocycles. The van der Waals surface area contributed by atoms with Crippen LogP contribution in [0.5, 0.6) is 0 Å². The molecule has 0 N–H and O–H groups in total. The van der Waals surface area contributed by atoms with Crippen molar-refractivity contribution in [3.8, 4) is 0 Å². The Hall–Kier alpha value is -0.970. The fourth-order valence-corrected chi connectivity index (χ4v) is 3.90. The van der Waals surface area contributed by atoms with Gasteiger partial charge < -0.3 is 4.74 Å². The summed E-state index contributed by atoms with van der Waals surface area (Å²) in [5.74, 6) is 0. The van der Waals surface area contributed by atoms with E-state index in [-0.39, 0.29) is 0 Å². The molecule has 2 aromatic rings. The summed E-state index contributed by atoms with van der Waals surface area (Å²) < 4.78 is 11.6. The maximum absolute atomic E-state index is 5.63. The fraction of sp³-hybridized carbons (Fsp3) is 0.533. The van der Waals surface area contributed by atoms with E-state index in [1.807, 2.05) is 0 Å². The van der Waals surface area contributed by atoms with Gasteiger partial charge >= 0.3 is 0 Å². The van der Waals surface area contributed by atoms with Crippen LogP contribution in [0.15, 0.2) is 24.3 Å². The quantitative estimate of drug-likeness (QED) is 0.860. The van der Waals surface area contributed by atoms with Gasteiger partial charge in [-0.25, -0.2) is 0 Å². The lowest BCUT2D eigenvalue weighted by molar-refractivity contribution is -0.0195. The normalized spacial score (nSPS) is 22.1. The number of morpholine rings is 1. The first-order valence-electron chi connectivity index (χ1n) is 7.04. The molecule has 1 saturated heterocycles. The summed E-state index contributed by atoms with van der Waals surface area (Å²) >= 11 is 1.62. The fourth-order valence-electron chi connectivity index (χ4n) is 3.08. The molecule has 2 aliphatic rings. The van der Waals surface area contributed by atoms with Gasteiger partial charge in [0.05, 0.1) is 23.6 Å². The standard InChI is InChI=1S/C15H18N2OS/c1-2-4-14-12(3-1)13(16-19-14)5-8-17-9-10-18-11-15(17)6-7-15/h1-4H,5-11H2. The van der Waals surface area contributed by atoms with E-state index in [2.05, 4.69) is 33.5 Å². The number of aromatic nitrogens is 1. The lowest BCUT2D eigenvalue weighted by Gasteiger charge is -2.35. The van der Waals surface area contributed by atoms with Gasteiger partial charge in [0.25, 0.3) is 0 Å². The second-order valence-electron chi connectivity index (χ2n) is 5.64. The first kappa shape index (κ1) is 11.8. The van der Waals surface area contributed by atoms with Gasteiger partial charge in [-0.15, -0.1) is 0 Å². The van der Waals surface area contributed by atoms with E-state index >= 15 is 0 Å². The monoisotopic (exact) mass is 274 g/mol. The Morgan fingerprint density at radius 2 is 2.21 bits per heavy atom. The van der Waals surface area contributed by atoms with E-state index in [9.17, 15) is 0 Å². The van der Waals surface area contributed by atoms with E-state index in [1.54, 1.807) is 11.5 Å². The summed E-state index contributed by atoms with van der Waals surface area (Å²) in [7, 11) is 0. The molecule has 100 valence electrons. The second-order valence-corrected chi connectivity index (χ2v) is 6.44. The van der Waals surface area contributed by atoms with Crippen molar-refractivity contribution in [2.75, 3.05) is 26.3 Å². The molecule has 3 nitrogen and oxygen atoms in total. The van der Waals surface area contributed by atoms with E-state index in [4.69, 9.17) is 4.74 Å². The van der Waals surface area contributed by atoms with Gasteiger partial charge in [0.1, 0.15) is 0 Å². The molecular weight excluding hydrogens is 256 g/mol. The minimum absolute atomic E-state index is 0.393. The molecule has 1 spiro atoms. The van der Waals surface area contributed by atoms with Crippen molar-refractivity contribution in [2.24, 2.45) is 0 Å². The van der Waals surface area contributed by atoms with Crippen molar-refractivity contribution in [3.63, 3.8) is 0 Å². The third-order valence-corrected chi connectivity index (χ3v) is 5.31. The van der Waals surface area contributed by atoms with Crippen molar-refractivity contribution in [1.82, 2.24) is 9.27 Å². The molecule has 2 fully saturated rings. The predicted molar refractivity (Wildman–Crippen MR) is 77.7 cm³/mol. The van der Waals surface area contributed by atoms with Crippen LogP contribution in [0.4, 0.5) is 0 Å². The van der Waals surface area contributed by atoms with E-state index in [1.165, 1.54) is 28.6 Å². The van der Waals surface area contributed by atoms with Crippen LogP contribution in [-0.4, -0.2) is 41.1 Å². The lowest BCUT2D eigenvalue weighted by Crippen LogP contribution is -2.48. The molecule has 2 heterocycles. The molecule has 1 aromatic carbocycles. The molecule has 4 heteroatoms. The first-order valence-corrected chi connectivity index (χ1v) is 7.81. The Kier molecular flexibility index (Phi) is 2.83. The SMILES string of the molecule is c1ccc2c(CCN3CCOCC34CC4)nsc2c1. The molecule has 19 heavy (non-hydrogen) atoms. The highest BCUT2D eigenvalue weighted by molar-refractivity contribution is 7.13. The summed E-state index contributed by atoms with van der Waals surface area (Å²) in [6.45, 7) is 4.03. The van der Waals surface area contributed by atoms with Crippen molar-refractivity contribution in [3.05, 3.63) is 30.0 Å². The summed E-state index contributed by atoms with van der Waals surface area (Å²) in [5, 5.41) is 1.34. The van der Waals surface area contributed by atoms with Crippen LogP contribution in [0, 0.1) is 0 Å². The Labute approximate surface area is 117 Å². The van der Waals surface area contributed by atoms with Crippen LogP contribution in [0.25, 0.3) is 10.1 Å². The minimum atomic E-state index is 0.393. The lowest BCUT2D eigenvalue weighted by atomic mass is 10.1. The van der Waals surface area contributed by atoms with Crippen LogP contribution >= 0.6 is 11.5 Å². The molecule has 4 rings (SSSR count). The predicted octanol–water partition coefficient (Wildman–Crippen LogP) is 2.70. The highest BCUT2D eigenvalue weighted by Gasteiger charge is 2.49. The highest BCUT2D eigenvalue weighted by Crippen LogP contribution is 2.43. The van der Waals surface area contributed by atoms with Gasteiger partial charge in [0.15, 0.2) is 0 Å². The summed E-state index contributed by atoms with van der Waals surface area (Å²) in [5.41, 5.74) is 1.66. The highest BCUT2D eigenvalue weighted by atomic mass is 32.1. The maximum atomic E-state index is 5.63. The third kappa shape index (κ3) is 2.08. The van der Waals surface area contributed by atoms with E-state index < -0.39 is 0 Å². The smallest absolute Gasteiger partial charge is 0.0651 e. The number of hydrogen-bond donors (Lipinski definition) is 0. The van der Waals surface area contributed by atoms with Gasteiger partial charge in [-0.1, -0.05) is 18.2 Å². The average Bonchev–Trinajstić information content (AvgIpc) is 3.10. The third-order valence-electron chi connectivity index (χ3n) is 4.44. The molecule has 0 unspecified atom stereocenters. The van der Waals surface area contributed by atoms with Crippen LogP contribution in [0.3, 0.4) is 0 Å². The summed E-state index contributed by atoms with van der Waals surface area (Å²) in [6, 6.07) is 8.55. The molecule has 0 atom stereocenters. The number of ether oxygens (including phenoxy) is 1. The van der Waals surface area contributed by atoms with Crippen LogP contribution in [0.2, 0.25) is 0 Å². The van der Waals surface area contributed by atoms with Crippen molar-refractivity contribution in [2.45, 2.75) is 24.8 Å². The molecule has 1 saturated carbocycles. The van der Waals surface area contributed by atoms with Gasteiger partial charge in [-0.3, -0.25) is 4.90 Å². The minimum Gasteiger partial charge on any atom is -0.378 e. The second kappa shape index (κ2) is 4.54. The van der Waals surface area contributed by atoms with Crippen molar-refractivity contribution >= 4 is 21.6 Å². The van der Waals surface area contributed by atoms with Gasteiger partial charge in [-0.2, -0.15) is 4.37 Å². The molecular formula is C15H18N2OS. The van der Waals surface area contributed by atoms with Crippen molar-refractivity contribution in [1.29, 1.82) is 0 Å². The zero-order valence-corrected chi connectivity index (χ0v) is 11.8. The Morgan fingerprint density at radius 1 is 1.32 bits per heavy atom. The largest absolute Gasteiger partial charge is 0.378 e. The first-order chi connectivity index (χ1) is 9.37. The van der Waals surface area contributed by atoms with Gasteiger partial charge in [-0.05, 0) is 30.4 Å². The molecule has 1 aliphatic heterocycles. The Balaban J connectivity index is 1.50.